The van der Waals surface area contributed by atoms with Gasteiger partial charge in [-0.05, 0) is 75.3 Å². The Morgan fingerprint density at radius 3 is 2.15 bits per heavy atom. The number of benzene rings is 2. The predicted octanol–water partition coefficient (Wildman–Crippen LogP) is 4.49. The molecule has 1 atom stereocenters. The minimum Gasteiger partial charge on any atom is -0.372 e. The van der Waals surface area contributed by atoms with Gasteiger partial charge in [0.15, 0.2) is 0 Å². The number of hydrogen-bond acceptors (Lipinski definition) is 4. The van der Waals surface area contributed by atoms with Gasteiger partial charge in [0.1, 0.15) is 6.54 Å². The molecule has 1 fully saturated rings. The maximum absolute atomic E-state index is 12.9. The Morgan fingerprint density at radius 1 is 1.09 bits per heavy atom. The third-order valence-electron chi connectivity index (χ3n) is 6.49. The van der Waals surface area contributed by atoms with E-state index in [1.807, 2.05) is 52.0 Å². The van der Waals surface area contributed by atoms with Crippen molar-refractivity contribution in [2.24, 2.45) is 5.92 Å². The fourth-order valence-electron chi connectivity index (χ4n) is 4.67. The van der Waals surface area contributed by atoms with E-state index in [9.17, 15) is 13.2 Å². The first-order chi connectivity index (χ1) is 15.5. The second-order valence-corrected chi connectivity index (χ2v) is 11.5. The molecule has 0 bridgehead atoms. The van der Waals surface area contributed by atoms with Gasteiger partial charge in [0.2, 0.25) is 15.9 Å². The number of anilines is 2. The lowest BCUT2D eigenvalue weighted by atomic mass is 9.98. The van der Waals surface area contributed by atoms with E-state index >= 15 is 0 Å². The van der Waals surface area contributed by atoms with Crippen LogP contribution >= 0.6 is 0 Å². The number of carbonyl (C=O) groups is 1. The summed E-state index contributed by atoms with van der Waals surface area (Å²) in [7, 11) is -3.63. The molecule has 1 aliphatic rings. The van der Waals surface area contributed by atoms with Crippen LogP contribution in [0.3, 0.4) is 0 Å². The van der Waals surface area contributed by atoms with Crippen LogP contribution in [0.4, 0.5) is 11.4 Å². The summed E-state index contributed by atoms with van der Waals surface area (Å²) in [5, 5.41) is 2.96. The monoisotopic (exact) mass is 471 g/mol. The van der Waals surface area contributed by atoms with Gasteiger partial charge in [0.25, 0.3) is 0 Å². The number of nitrogens with zero attached hydrogens (tertiary/aromatic N) is 2. The van der Waals surface area contributed by atoms with Crippen molar-refractivity contribution < 1.29 is 13.2 Å². The zero-order chi connectivity index (χ0) is 24.3. The van der Waals surface area contributed by atoms with E-state index in [2.05, 4.69) is 29.3 Å². The summed E-state index contributed by atoms with van der Waals surface area (Å²) in [5.41, 5.74) is 5.50. The Balaban J connectivity index is 1.69. The first-order valence-corrected chi connectivity index (χ1v) is 13.5. The fraction of sp³-hybridized carbons (Fsp3) is 0.500. The molecule has 3 rings (SSSR count). The van der Waals surface area contributed by atoms with Crippen molar-refractivity contribution in [3.05, 3.63) is 58.7 Å². The van der Waals surface area contributed by atoms with Crippen molar-refractivity contribution in [3.8, 4) is 0 Å². The van der Waals surface area contributed by atoms with E-state index < -0.39 is 10.0 Å². The molecule has 1 N–H and O–H groups in total. The Labute approximate surface area is 199 Å². The third kappa shape index (κ3) is 6.28. The normalized spacial score (nSPS) is 15.9. The van der Waals surface area contributed by atoms with Crippen LogP contribution in [0.2, 0.25) is 0 Å². The van der Waals surface area contributed by atoms with Crippen LogP contribution in [0.5, 0.6) is 0 Å². The molecule has 1 unspecified atom stereocenters. The number of hydrogen-bond donors (Lipinski definition) is 1. The second kappa shape index (κ2) is 10.2. The minimum absolute atomic E-state index is 0.227. The summed E-state index contributed by atoms with van der Waals surface area (Å²) in [5.74, 6) is 0.455. The quantitative estimate of drug-likeness (QED) is 0.646. The molecule has 6 nitrogen and oxygen atoms in total. The smallest absolute Gasteiger partial charge is 0.241 e. The van der Waals surface area contributed by atoms with Gasteiger partial charge in [0.05, 0.1) is 18.0 Å². The topological polar surface area (TPSA) is 69.7 Å². The first kappa shape index (κ1) is 25.1. The van der Waals surface area contributed by atoms with E-state index in [0.29, 0.717) is 5.69 Å². The number of amides is 1. The van der Waals surface area contributed by atoms with Crippen molar-refractivity contribution in [1.29, 1.82) is 0 Å². The van der Waals surface area contributed by atoms with Gasteiger partial charge in [-0.3, -0.25) is 9.10 Å². The lowest BCUT2D eigenvalue weighted by Crippen LogP contribution is -2.41. The number of rotatable bonds is 7. The first-order valence-electron chi connectivity index (χ1n) is 11.7. The lowest BCUT2D eigenvalue weighted by molar-refractivity contribution is -0.120. The molecule has 1 heterocycles. The SMILES string of the molecule is Cc1cc(C)c(N(CC(=O)NC(C)c2ccc(N3CCC(C)CC3)cc2)S(C)(=O)=O)c(C)c1. The molecule has 1 aliphatic heterocycles. The summed E-state index contributed by atoms with van der Waals surface area (Å²) in [6, 6.07) is 11.9. The van der Waals surface area contributed by atoms with Crippen molar-refractivity contribution in [3.63, 3.8) is 0 Å². The van der Waals surface area contributed by atoms with Crippen LogP contribution in [0.15, 0.2) is 36.4 Å². The highest BCUT2D eigenvalue weighted by Gasteiger charge is 2.25. The summed E-state index contributed by atoms with van der Waals surface area (Å²) >= 11 is 0. The molecule has 1 amide bonds. The molecule has 1 saturated heterocycles. The number of carbonyl (C=O) groups excluding carboxylic acids is 1. The van der Waals surface area contributed by atoms with Crippen LogP contribution < -0.4 is 14.5 Å². The third-order valence-corrected chi connectivity index (χ3v) is 7.60. The number of piperidine rings is 1. The highest BCUT2D eigenvalue weighted by atomic mass is 32.2. The van der Waals surface area contributed by atoms with Crippen molar-refractivity contribution in [2.75, 3.05) is 35.1 Å². The number of aryl methyl sites for hydroxylation is 3. The average Bonchev–Trinajstić information content (AvgIpc) is 2.72. The second-order valence-electron chi connectivity index (χ2n) is 9.57. The molecule has 7 heteroatoms. The lowest BCUT2D eigenvalue weighted by Gasteiger charge is -2.32. The molecular weight excluding hydrogens is 434 g/mol. The molecular formula is C26H37N3O3S. The van der Waals surface area contributed by atoms with Crippen LogP contribution in [0, 0.1) is 26.7 Å². The average molecular weight is 472 g/mol. The standard InChI is InChI=1S/C26H37N3O3S/c1-18-11-13-28(14-12-18)24-9-7-23(8-10-24)22(5)27-25(30)17-29(33(6,31)32)26-20(3)15-19(2)16-21(26)4/h7-10,15-16,18,22H,11-14,17H2,1-6H3,(H,27,30). The van der Waals surface area contributed by atoms with Gasteiger partial charge >= 0.3 is 0 Å². The van der Waals surface area contributed by atoms with Gasteiger partial charge in [-0.25, -0.2) is 8.42 Å². The van der Waals surface area contributed by atoms with Crippen LogP contribution in [-0.2, 0) is 14.8 Å². The summed E-state index contributed by atoms with van der Waals surface area (Å²) < 4.78 is 26.3. The molecule has 2 aromatic carbocycles. The van der Waals surface area contributed by atoms with Crippen LogP contribution in [0.1, 0.15) is 55.0 Å². The Bertz CT molecular complexity index is 1070. The molecule has 0 aliphatic carbocycles. The Kier molecular flexibility index (Phi) is 7.73. The molecule has 2 aromatic rings. The summed E-state index contributed by atoms with van der Waals surface area (Å²) in [6.45, 7) is 11.8. The highest BCUT2D eigenvalue weighted by Crippen LogP contribution is 2.28. The number of nitrogens with one attached hydrogen (secondary N) is 1. The maximum atomic E-state index is 12.9. The number of sulfonamides is 1. The Hall–Kier alpha value is -2.54. The van der Waals surface area contributed by atoms with Gasteiger partial charge in [-0.15, -0.1) is 0 Å². The van der Waals surface area contributed by atoms with Crippen LogP contribution in [-0.4, -0.2) is 40.2 Å². The maximum Gasteiger partial charge on any atom is 0.241 e. The predicted molar refractivity (Wildman–Crippen MR) is 136 cm³/mol. The van der Waals surface area contributed by atoms with Gasteiger partial charge in [-0.1, -0.05) is 36.8 Å². The van der Waals surface area contributed by atoms with Gasteiger partial charge in [-0.2, -0.15) is 0 Å². The van der Waals surface area contributed by atoms with Crippen molar-refractivity contribution in [1.82, 2.24) is 5.32 Å². The molecule has 0 aromatic heterocycles. The van der Waals surface area contributed by atoms with E-state index in [1.165, 1.54) is 22.8 Å². The molecule has 33 heavy (non-hydrogen) atoms. The summed E-state index contributed by atoms with van der Waals surface area (Å²) in [6.07, 6.45) is 3.57. The summed E-state index contributed by atoms with van der Waals surface area (Å²) in [4.78, 5) is 15.3. The van der Waals surface area contributed by atoms with E-state index in [4.69, 9.17) is 0 Å². The zero-order valence-electron chi connectivity index (χ0n) is 20.7. The van der Waals surface area contributed by atoms with Gasteiger partial charge in [0, 0.05) is 18.8 Å². The minimum atomic E-state index is -3.63. The van der Waals surface area contributed by atoms with E-state index in [1.54, 1.807) is 0 Å². The zero-order valence-corrected chi connectivity index (χ0v) is 21.5. The molecule has 0 radical (unpaired) electrons. The van der Waals surface area contributed by atoms with Gasteiger partial charge < -0.3 is 10.2 Å². The van der Waals surface area contributed by atoms with E-state index in [0.717, 1.165) is 47.5 Å². The van der Waals surface area contributed by atoms with E-state index in [-0.39, 0.29) is 18.5 Å². The molecule has 0 spiro atoms. The van der Waals surface area contributed by atoms with Crippen LogP contribution in [0.25, 0.3) is 0 Å². The molecule has 0 saturated carbocycles. The highest BCUT2D eigenvalue weighted by molar-refractivity contribution is 7.92. The van der Waals surface area contributed by atoms with Crippen molar-refractivity contribution >= 4 is 27.3 Å². The largest absolute Gasteiger partial charge is 0.372 e. The molecule has 180 valence electrons. The Morgan fingerprint density at radius 2 is 1.64 bits per heavy atom. The fourth-order valence-corrected chi connectivity index (χ4v) is 5.64. The van der Waals surface area contributed by atoms with Crippen molar-refractivity contribution in [2.45, 2.75) is 53.5 Å².